The van der Waals surface area contributed by atoms with Gasteiger partial charge in [0.25, 0.3) is 0 Å². The molecule has 1 aromatic rings. The lowest BCUT2D eigenvalue weighted by Gasteiger charge is -2.01. The van der Waals surface area contributed by atoms with Gasteiger partial charge < -0.3 is 4.74 Å². The van der Waals surface area contributed by atoms with Crippen molar-refractivity contribution < 1.29 is 4.74 Å². The minimum Gasteiger partial charge on any atom is -0.495 e. The molecule has 0 saturated heterocycles. The quantitative estimate of drug-likeness (QED) is 0.696. The van der Waals surface area contributed by atoms with Crippen molar-refractivity contribution in [3.8, 4) is 5.75 Å². The van der Waals surface area contributed by atoms with Gasteiger partial charge in [-0.1, -0.05) is 0 Å². The normalized spacial score (nSPS) is 9.50. The Morgan fingerprint density at radius 2 is 2.30 bits per heavy atom. The van der Waals surface area contributed by atoms with Crippen LogP contribution >= 0.6 is 15.9 Å². The van der Waals surface area contributed by atoms with Crippen molar-refractivity contribution in [2.45, 2.75) is 6.92 Å². The second-order valence-corrected chi connectivity index (χ2v) is 2.81. The van der Waals surface area contributed by atoms with E-state index in [0.29, 0.717) is 0 Å². The Bertz CT molecular complexity index is 237. The van der Waals surface area contributed by atoms with E-state index in [0.717, 1.165) is 15.9 Å². The van der Waals surface area contributed by atoms with Gasteiger partial charge in [-0.15, -0.1) is 0 Å². The first-order valence-corrected chi connectivity index (χ1v) is 3.69. The van der Waals surface area contributed by atoms with Crippen LogP contribution in [0.1, 0.15) is 5.69 Å². The third-order valence-corrected chi connectivity index (χ3v) is 1.77. The topological polar surface area (TPSA) is 22.1 Å². The molecule has 0 unspecified atom stereocenters. The van der Waals surface area contributed by atoms with Gasteiger partial charge in [-0.05, 0) is 22.9 Å². The number of methoxy groups -OCH3 is 1. The van der Waals surface area contributed by atoms with Crippen molar-refractivity contribution in [3.63, 3.8) is 0 Å². The van der Waals surface area contributed by atoms with Crippen LogP contribution in [0.25, 0.3) is 0 Å². The Balaban J connectivity index is 3.09. The number of pyridine rings is 1. The minimum absolute atomic E-state index is 0.826. The molecule has 0 atom stereocenters. The molecular weight excluding hydrogens is 194 g/mol. The van der Waals surface area contributed by atoms with Gasteiger partial charge >= 0.3 is 0 Å². The molecule has 0 aromatic carbocycles. The van der Waals surface area contributed by atoms with Crippen LogP contribution in [0.3, 0.4) is 0 Å². The third kappa shape index (κ3) is 1.48. The zero-order valence-electron chi connectivity index (χ0n) is 5.89. The molecule has 3 heteroatoms. The smallest absolute Gasteiger partial charge is 0.136 e. The molecule has 10 heavy (non-hydrogen) atoms. The lowest BCUT2D eigenvalue weighted by atomic mass is 10.4. The standard InChI is InChI=1S/C7H8BrNO/c1-5-3-7(10-2)6(8)4-9-5/h3-4H,1-2H3. The van der Waals surface area contributed by atoms with Crippen molar-refractivity contribution in [1.29, 1.82) is 0 Å². The maximum Gasteiger partial charge on any atom is 0.136 e. The highest BCUT2D eigenvalue weighted by atomic mass is 79.9. The predicted molar refractivity (Wildman–Crippen MR) is 43.2 cm³/mol. The molecule has 0 spiro atoms. The average molecular weight is 202 g/mol. The number of nitrogens with zero attached hydrogens (tertiary/aromatic N) is 1. The molecule has 0 N–H and O–H groups in total. The summed E-state index contributed by atoms with van der Waals surface area (Å²) in [4.78, 5) is 4.06. The van der Waals surface area contributed by atoms with Gasteiger partial charge in [0.1, 0.15) is 5.75 Å². The third-order valence-electron chi connectivity index (χ3n) is 1.18. The van der Waals surface area contributed by atoms with E-state index in [1.807, 2.05) is 13.0 Å². The van der Waals surface area contributed by atoms with E-state index < -0.39 is 0 Å². The van der Waals surface area contributed by atoms with Gasteiger partial charge in [0.15, 0.2) is 0 Å². The van der Waals surface area contributed by atoms with Crippen molar-refractivity contribution in [3.05, 3.63) is 22.4 Å². The molecule has 1 heterocycles. The Morgan fingerprint density at radius 1 is 1.60 bits per heavy atom. The van der Waals surface area contributed by atoms with Crippen LogP contribution in [0, 0.1) is 6.92 Å². The monoisotopic (exact) mass is 201 g/mol. The van der Waals surface area contributed by atoms with Crippen molar-refractivity contribution in [1.82, 2.24) is 4.98 Å². The Hall–Kier alpha value is -0.570. The number of aromatic nitrogens is 1. The van der Waals surface area contributed by atoms with Crippen molar-refractivity contribution in [2.75, 3.05) is 7.11 Å². The van der Waals surface area contributed by atoms with E-state index in [2.05, 4.69) is 20.9 Å². The van der Waals surface area contributed by atoms with Crippen LogP contribution in [0.5, 0.6) is 5.75 Å². The van der Waals surface area contributed by atoms with Gasteiger partial charge in [0.2, 0.25) is 0 Å². The molecule has 0 fully saturated rings. The molecule has 54 valence electrons. The summed E-state index contributed by atoms with van der Waals surface area (Å²) < 4.78 is 5.93. The summed E-state index contributed by atoms with van der Waals surface area (Å²) in [6.07, 6.45) is 1.73. The fraction of sp³-hybridized carbons (Fsp3) is 0.286. The van der Waals surface area contributed by atoms with E-state index in [9.17, 15) is 0 Å². The average Bonchev–Trinajstić information content (AvgIpc) is 1.94. The van der Waals surface area contributed by atoms with Crippen LogP contribution in [-0.2, 0) is 0 Å². The lowest BCUT2D eigenvalue weighted by Crippen LogP contribution is -1.87. The number of ether oxygens (including phenoxy) is 1. The highest BCUT2D eigenvalue weighted by molar-refractivity contribution is 9.10. The van der Waals surface area contributed by atoms with E-state index >= 15 is 0 Å². The Labute approximate surface area is 68.4 Å². The summed E-state index contributed by atoms with van der Waals surface area (Å²) in [7, 11) is 1.64. The number of hydrogen-bond donors (Lipinski definition) is 0. The maximum absolute atomic E-state index is 5.04. The van der Waals surface area contributed by atoms with Crippen LogP contribution in [0.15, 0.2) is 16.7 Å². The van der Waals surface area contributed by atoms with Crippen LogP contribution in [0.4, 0.5) is 0 Å². The highest BCUT2D eigenvalue weighted by Crippen LogP contribution is 2.23. The van der Waals surface area contributed by atoms with Gasteiger partial charge in [0, 0.05) is 18.0 Å². The zero-order valence-corrected chi connectivity index (χ0v) is 7.47. The molecule has 0 aliphatic carbocycles. The summed E-state index contributed by atoms with van der Waals surface area (Å²) in [5.41, 5.74) is 0.958. The highest BCUT2D eigenvalue weighted by Gasteiger charge is 1.98. The van der Waals surface area contributed by atoms with Crippen LogP contribution < -0.4 is 4.74 Å². The largest absolute Gasteiger partial charge is 0.495 e. The van der Waals surface area contributed by atoms with E-state index in [1.165, 1.54) is 0 Å². The SMILES string of the molecule is COc1cc(C)ncc1Br. The number of hydrogen-bond acceptors (Lipinski definition) is 2. The van der Waals surface area contributed by atoms with Gasteiger partial charge in [-0.3, -0.25) is 4.98 Å². The summed E-state index contributed by atoms with van der Waals surface area (Å²) in [6, 6.07) is 1.88. The summed E-state index contributed by atoms with van der Waals surface area (Å²) in [5.74, 6) is 0.826. The van der Waals surface area contributed by atoms with Crippen LogP contribution in [0.2, 0.25) is 0 Å². The summed E-state index contributed by atoms with van der Waals surface area (Å²) >= 11 is 3.30. The van der Waals surface area contributed by atoms with E-state index in [1.54, 1.807) is 13.3 Å². The van der Waals surface area contributed by atoms with Crippen LogP contribution in [-0.4, -0.2) is 12.1 Å². The summed E-state index contributed by atoms with van der Waals surface area (Å²) in [6.45, 7) is 1.93. The molecule has 0 aliphatic rings. The molecule has 1 rings (SSSR count). The number of rotatable bonds is 1. The second kappa shape index (κ2) is 3.01. The number of halogens is 1. The molecule has 0 radical (unpaired) electrons. The summed E-state index contributed by atoms with van der Waals surface area (Å²) in [5, 5.41) is 0. The molecular formula is C7H8BrNO. The first-order chi connectivity index (χ1) is 4.74. The minimum atomic E-state index is 0.826. The Kier molecular flexibility index (Phi) is 2.27. The van der Waals surface area contributed by atoms with E-state index in [4.69, 9.17) is 4.74 Å². The van der Waals surface area contributed by atoms with Gasteiger partial charge in [-0.2, -0.15) is 0 Å². The molecule has 2 nitrogen and oxygen atoms in total. The zero-order chi connectivity index (χ0) is 7.56. The molecule has 0 aliphatic heterocycles. The van der Waals surface area contributed by atoms with Crippen molar-refractivity contribution in [2.24, 2.45) is 0 Å². The fourth-order valence-corrected chi connectivity index (χ4v) is 1.05. The first-order valence-electron chi connectivity index (χ1n) is 2.90. The molecule has 1 aromatic heterocycles. The number of aryl methyl sites for hydroxylation is 1. The predicted octanol–water partition coefficient (Wildman–Crippen LogP) is 2.16. The molecule has 0 saturated carbocycles. The fourth-order valence-electron chi connectivity index (χ4n) is 0.674. The first kappa shape index (κ1) is 7.54. The van der Waals surface area contributed by atoms with Crippen molar-refractivity contribution >= 4 is 15.9 Å². The maximum atomic E-state index is 5.04. The lowest BCUT2D eigenvalue weighted by molar-refractivity contribution is 0.411. The second-order valence-electron chi connectivity index (χ2n) is 1.96. The Morgan fingerprint density at radius 3 is 2.80 bits per heavy atom. The molecule has 0 amide bonds. The van der Waals surface area contributed by atoms with Gasteiger partial charge in [-0.25, -0.2) is 0 Å². The van der Waals surface area contributed by atoms with Gasteiger partial charge in [0.05, 0.1) is 11.6 Å². The molecule has 0 bridgehead atoms. The van der Waals surface area contributed by atoms with E-state index in [-0.39, 0.29) is 0 Å².